The standard InChI is InChI=1S/C19H25N3O3S/c1-15-9-10-17(13-18(15)21-26(2,24)25)19(23)22(12-6-11-20)14-16-7-4-3-5-8-16/h3-5,7-10,13,21H,6,11-12,14,20H2,1-2H3. The third-order valence-electron chi connectivity index (χ3n) is 3.92. The van der Waals surface area contributed by atoms with Crippen molar-refractivity contribution in [2.24, 2.45) is 5.73 Å². The first-order valence-electron chi connectivity index (χ1n) is 8.42. The van der Waals surface area contributed by atoms with Gasteiger partial charge in [-0.2, -0.15) is 0 Å². The highest BCUT2D eigenvalue weighted by Crippen LogP contribution is 2.20. The molecule has 0 aliphatic carbocycles. The van der Waals surface area contributed by atoms with Gasteiger partial charge in [0, 0.05) is 18.7 Å². The fraction of sp³-hybridized carbons (Fsp3) is 0.316. The van der Waals surface area contributed by atoms with E-state index >= 15 is 0 Å². The summed E-state index contributed by atoms with van der Waals surface area (Å²) in [7, 11) is -3.42. The van der Waals surface area contributed by atoms with Crippen molar-refractivity contribution in [3.05, 3.63) is 65.2 Å². The van der Waals surface area contributed by atoms with E-state index in [2.05, 4.69) is 4.72 Å². The van der Waals surface area contributed by atoms with Crippen molar-refractivity contribution in [1.82, 2.24) is 4.90 Å². The van der Waals surface area contributed by atoms with Gasteiger partial charge in [-0.3, -0.25) is 9.52 Å². The number of rotatable bonds is 8. The molecule has 2 aromatic rings. The van der Waals surface area contributed by atoms with E-state index in [0.29, 0.717) is 37.3 Å². The summed E-state index contributed by atoms with van der Waals surface area (Å²) in [4.78, 5) is 14.7. The monoisotopic (exact) mass is 375 g/mol. The lowest BCUT2D eigenvalue weighted by Crippen LogP contribution is -2.32. The van der Waals surface area contributed by atoms with Crippen LogP contribution in [0, 0.1) is 6.92 Å². The van der Waals surface area contributed by atoms with Crippen LogP contribution < -0.4 is 10.5 Å². The van der Waals surface area contributed by atoms with Gasteiger partial charge >= 0.3 is 0 Å². The van der Waals surface area contributed by atoms with Crippen LogP contribution in [-0.4, -0.2) is 38.6 Å². The van der Waals surface area contributed by atoms with Gasteiger partial charge in [-0.25, -0.2) is 8.42 Å². The zero-order valence-electron chi connectivity index (χ0n) is 15.1. The summed E-state index contributed by atoms with van der Waals surface area (Å²) in [5.74, 6) is -0.154. The molecular formula is C19H25N3O3S. The number of nitrogens with two attached hydrogens (primary N) is 1. The third-order valence-corrected chi connectivity index (χ3v) is 4.51. The van der Waals surface area contributed by atoms with Crippen LogP contribution in [0.1, 0.15) is 27.9 Å². The van der Waals surface area contributed by atoms with Crippen molar-refractivity contribution in [1.29, 1.82) is 0 Å². The number of aryl methyl sites for hydroxylation is 1. The van der Waals surface area contributed by atoms with Gasteiger partial charge in [-0.05, 0) is 43.1 Å². The molecule has 0 heterocycles. The number of hydrogen-bond donors (Lipinski definition) is 2. The van der Waals surface area contributed by atoms with E-state index in [1.54, 1.807) is 30.0 Å². The Morgan fingerprint density at radius 2 is 1.85 bits per heavy atom. The summed E-state index contributed by atoms with van der Waals surface area (Å²) >= 11 is 0. The van der Waals surface area contributed by atoms with Crippen LogP contribution in [-0.2, 0) is 16.6 Å². The normalized spacial score (nSPS) is 11.2. The molecule has 0 fully saturated rings. The molecule has 0 spiro atoms. The van der Waals surface area contributed by atoms with Gasteiger partial charge in [0.2, 0.25) is 10.0 Å². The van der Waals surface area contributed by atoms with E-state index in [9.17, 15) is 13.2 Å². The van der Waals surface area contributed by atoms with Gasteiger partial charge in [0.25, 0.3) is 5.91 Å². The molecule has 3 N–H and O–H groups in total. The maximum Gasteiger partial charge on any atom is 0.254 e. The number of nitrogens with one attached hydrogen (secondary N) is 1. The Hall–Kier alpha value is -2.38. The largest absolute Gasteiger partial charge is 0.334 e. The number of benzene rings is 2. The fourth-order valence-electron chi connectivity index (χ4n) is 2.59. The topological polar surface area (TPSA) is 92.5 Å². The Bertz CT molecular complexity index is 852. The van der Waals surface area contributed by atoms with E-state index in [-0.39, 0.29) is 5.91 Å². The Labute approximate surface area is 155 Å². The SMILES string of the molecule is Cc1ccc(C(=O)N(CCCN)Cc2ccccc2)cc1NS(C)(=O)=O. The molecule has 0 aliphatic rings. The van der Waals surface area contributed by atoms with Gasteiger partial charge < -0.3 is 10.6 Å². The van der Waals surface area contributed by atoms with E-state index in [1.165, 1.54) is 0 Å². The first-order valence-corrected chi connectivity index (χ1v) is 10.3. The lowest BCUT2D eigenvalue weighted by molar-refractivity contribution is 0.0742. The molecule has 2 aromatic carbocycles. The quantitative estimate of drug-likeness (QED) is 0.741. The lowest BCUT2D eigenvalue weighted by atomic mass is 10.1. The van der Waals surface area contributed by atoms with Crippen LogP contribution in [0.2, 0.25) is 0 Å². The number of hydrogen-bond acceptors (Lipinski definition) is 4. The second-order valence-electron chi connectivity index (χ2n) is 6.26. The van der Waals surface area contributed by atoms with Crippen LogP contribution in [0.3, 0.4) is 0 Å². The summed E-state index contributed by atoms with van der Waals surface area (Å²) in [6.07, 6.45) is 1.78. The molecule has 0 atom stereocenters. The number of carbonyl (C=O) groups excluding carboxylic acids is 1. The molecule has 2 rings (SSSR count). The smallest absolute Gasteiger partial charge is 0.254 e. The van der Waals surface area contributed by atoms with Crippen molar-refractivity contribution in [3.8, 4) is 0 Å². The molecular weight excluding hydrogens is 350 g/mol. The Morgan fingerprint density at radius 3 is 2.46 bits per heavy atom. The molecule has 0 radical (unpaired) electrons. The maximum absolute atomic E-state index is 13.0. The fourth-order valence-corrected chi connectivity index (χ4v) is 3.21. The van der Waals surface area contributed by atoms with E-state index < -0.39 is 10.0 Å². The van der Waals surface area contributed by atoms with E-state index in [0.717, 1.165) is 17.4 Å². The molecule has 26 heavy (non-hydrogen) atoms. The average molecular weight is 375 g/mol. The number of amides is 1. The van der Waals surface area contributed by atoms with Gasteiger partial charge in [0.15, 0.2) is 0 Å². The molecule has 0 saturated carbocycles. The van der Waals surface area contributed by atoms with Crippen molar-refractivity contribution >= 4 is 21.6 Å². The summed E-state index contributed by atoms with van der Waals surface area (Å²) < 4.78 is 25.5. The van der Waals surface area contributed by atoms with Gasteiger partial charge in [-0.1, -0.05) is 36.4 Å². The summed E-state index contributed by atoms with van der Waals surface area (Å²) in [6.45, 7) is 3.29. The Morgan fingerprint density at radius 1 is 1.15 bits per heavy atom. The van der Waals surface area contributed by atoms with Crippen LogP contribution in [0.25, 0.3) is 0 Å². The first-order chi connectivity index (χ1) is 12.3. The number of anilines is 1. The minimum atomic E-state index is -3.42. The first kappa shape index (κ1) is 19.9. The molecule has 0 aliphatic heterocycles. The van der Waals surface area contributed by atoms with E-state index in [1.807, 2.05) is 30.3 Å². The minimum Gasteiger partial charge on any atom is -0.334 e. The van der Waals surface area contributed by atoms with Gasteiger partial charge in [0.1, 0.15) is 0 Å². The Balaban J connectivity index is 2.28. The summed E-state index contributed by atoms with van der Waals surface area (Å²) in [5, 5.41) is 0. The summed E-state index contributed by atoms with van der Waals surface area (Å²) in [5.41, 5.74) is 8.24. The molecule has 1 amide bonds. The predicted molar refractivity (Wildman–Crippen MR) is 104 cm³/mol. The minimum absolute atomic E-state index is 0.154. The highest BCUT2D eigenvalue weighted by Gasteiger charge is 2.17. The number of carbonyl (C=O) groups is 1. The van der Waals surface area contributed by atoms with E-state index in [4.69, 9.17) is 5.73 Å². The van der Waals surface area contributed by atoms with Crippen molar-refractivity contribution in [3.63, 3.8) is 0 Å². The molecule has 0 unspecified atom stereocenters. The van der Waals surface area contributed by atoms with Gasteiger partial charge in [-0.15, -0.1) is 0 Å². The summed E-state index contributed by atoms with van der Waals surface area (Å²) in [6, 6.07) is 14.8. The highest BCUT2D eigenvalue weighted by molar-refractivity contribution is 7.92. The lowest BCUT2D eigenvalue weighted by Gasteiger charge is -2.23. The second-order valence-corrected chi connectivity index (χ2v) is 8.01. The third kappa shape index (κ3) is 5.86. The molecule has 0 aromatic heterocycles. The zero-order valence-corrected chi connectivity index (χ0v) is 15.9. The van der Waals surface area contributed by atoms with Crippen LogP contribution >= 0.6 is 0 Å². The van der Waals surface area contributed by atoms with Crippen LogP contribution in [0.4, 0.5) is 5.69 Å². The molecule has 6 nitrogen and oxygen atoms in total. The van der Waals surface area contributed by atoms with Gasteiger partial charge in [0.05, 0.1) is 11.9 Å². The second kappa shape index (κ2) is 8.82. The average Bonchev–Trinajstić information content (AvgIpc) is 2.59. The molecule has 7 heteroatoms. The van der Waals surface area contributed by atoms with Crippen LogP contribution in [0.15, 0.2) is 48.5 Å². The highest BCUT2D eigenvalue weighted by atomic mass is 32.2. The van der Waals surface area contributed by atoms with Crippen molar-refractivity contribution < 1.29 is 13.2 Å². The molecule has 0 saturated heterocycles. The zero-order chi connectivity index (χ0) is 19.2. The predicted octanol–water partition coefficient (Wildman–Crippen LogP) is 2.36. The van der Waals surface area contributed by atoms with Crippen molar-refractivity contribution in [2.75, 3.05) is 24.1 Å². The molecule has 0 bridgehead atoms. The van der Waals surface area contributed by atoms with Crippen LogP contribution in [0.5, 0.6) is 0 Å². The Kier molecular flexibility index (Phi) is 6.76. The maximum atomic E-state index is 13.0. The number of sulfonamides is 1. The van der Waals surface area contributed by atoms with Crippen molar-refractivity contribution in [2.45, 2.75) is 19.9 Å². The molecule has 140 valence electrons. The number of nitrogens with zero attached hydrogens (tertiary/aromatic N) is 1.